The van der Waals surface area contributed by atoms with Gasteiger partial charge >= 0.3 is 0 Å². The van der Waals surface area contributed by atoms with E-state index in [1.165, 1.54) is 22.2 Å². The van der Waals surface area contributed by atoms with Crippen molar-refractivity contribution >= 4 is 22.5 Å². The summed E-state index contributed by atoms with van der Waals surface area (Å²) >= 11 is 0. The van der Waals surface area contributed by atoms with Crippen LogP contribution in [0.4, 0.5) is 5.69 Å². The molecule has 1 unspecified atom stereocenters. The molecule has 3 heteroatoms. The minimum atomic E-state index is -0.101. The molecule has 2 aliphatic rings. The Hall–Kier alpha value is -3.56. The minimum Gasteiger partial charge on any atom is -0.480 e. The third-order valence-electron chi connectivity index (χ3n) is 6.41. The molecule has 0 aliphatic carbocycles. The zero-order chi connectivity index (χ0) is 21.3. The number of fused-ring (bicyclic) bond motifs is 3. The average molecular weight is 420 g/mol. The Kier molecular flexibility index (Phi) is 4.89. The molecular formula is C29H25NO2. The van der Waals surface area contributed by atoms with E-state index in [-0.39, 0.29) is 6.10 Å². The monoisotopic (exact) mass is 419 g/mol. The summed E-state index contributed by atoms with van der Waals surface area (Å²) in [4.78, 5) is 2.37. The van der Waals surface area contributed by atoms with Gasteiger partial charge in [-0.3, -0.25) is 0 Å². The summed E-state index contributed by atoms with van der Waals surface area (Å²) in [5, 5.41) is 2.35. The van der Waals surface area contributed by atoms with Crippen LogP contribution in [-0.2, 0) is 4.74 Å². The number of morpholine rings is 1. The van der Waals surface area contributed by atoms with Gasteiger partial charge in [-0.2, -0.15) is 0 Å². The first-order chi connectivity index (χ1) is 15.9. The van der Waals surface area contributed by atoms with Crippen LogP contribution < -0.4 is 9.64 Å². The van der Waals surface area contributed by atoms with E-state index in [0.717, 1.165) is 48.6 Å². The number of benzene rings is 4. The molecule has 1 atom stereocenters. The van der Waals surface area contributed by atoms with Crippen LogP contribution in [0.25, 0.3) is 28.0 Å². The lowest BCUT2D eigenvalue weighted by Crippen LogP contribution is -2.36. The van der Waals surface area contributed by atoms with Gasteiger partial charge in [0.05, 0.1) is 13.2 Å². The zero-order valence-corrected chi connectivity index (χ0v) is 17.9. The van der Waals surface area contributed by atoms with E-state index in [4.69, 9.17) is 9.47 Å². The Balaban J connectivity index is 1.38. The number of hydrogen-bond donors (Lipinski definition) is 0. The fraction of sp³-hybridized carbons (Fsp3) is 0.172. The van der Waals surface area contributed by atoms with E-state index in [9.17, 15) is 0 Å². The molecule has 158 valence electrons. The van der Waals surface area contributed by atoms with Crippen molar-refractivity contribution in [3.8, 4) is 16.9 Å². The van der Waals surface area contributed by atoms with Gasteiger partial charge in [-0.15, -0.1) is 0 Å². The molecule has 0 aromatic heterocycles. The molecular weight excluding hydrogens is 394 g/mol. The van der Waals surface area contributed by atoms with E-state index in [1.807, 2.05) is 0 Å². The first-order valence-electron chi connectivity index (χ1n) is 11.3. The van der Waals surface area contributed by atoms with E-state index in [1.54, 1.807) is 0 Å². The van der Waals surface area contributed by atoms with Gasteiger partial charge in [-0.25, -0.2) is 0 Å². The Labute approximate surface area is 188 Å². The second-order valence-electron chi connectivity index (χ2n) is 8.34. The Morgan fingerprint density at radius 2 is 1.53 bits per heavy atom. The Morgan fingerprint density at radius 3 is 2.34 bits per heavy atom. The maximum Gasteiger partial charge on any atom is 0.142 e. The van der Waals surface area contributed by atoms with Crippen LogP contribution in [0.15, 0.2) is 91.0 Å². The molecule has 0 spiro atoms. The van der Waals surface area contributed by atoms with Crippen molar-refractivity contribution in [1.29, 1.82) is 0 Å². The summed E-state index contributed by atoms with van der Waals surface area (Å²) in [6.07, 6.45) is 4.30. The fourth-order valence-electron chi connectivity index (χ4n) is 4.70. The van der Waals surface area contributed by atoms with Gasteiger partial charge < -0.3 is 14.4 Å². The quantitative estimate of drug-likeness (QED) is 0.379. The van der Waals surface area contributed by atoms with Crippen molar-refractivity contribution in [2.45, 2.75) is 6.10 Å². The largest absolute Gasteiger partial charge is 0.480 e. The number of nitrogens with zero attached hydrogens (tertiary/aromatic N) is 1. The van der Waals surface area contributed by atoms with Crippen molar-refractivity contribution in [1.82, 2.24) is 0 Å². The van der Waals surface area contributed by atoms with Crippen molar-refractivity contribution in [2.24, 2.45) is 0 Å². The first-order valence-corrected chi connectivity index (χ1v) is 11.3. The molecule has 6 rings (SSSR count). The third kappa shape index (κ3) is 3.45. The highest BCUT2D eigenvalue weighted by molar-refractivity contribution is 5.98. The van der Waals surface area contributed by atoms with Crippen molar-refractivity contribution in [3.63, 3.8) is 0 Å². The van der Waals surface area contributed by atoms with Gasteiger partial charge in [0.25, 0.3) is 0 Å². The van der Waals surface area contributed by atoms with Crippen molar-refractivity contribution in [2.75, 3.05) is 31.2 Å². The highest BCUT2D eigenvalue weighted by Crippen LogP contribution is 2.43. The summed E-state index contributed by atoms with van der Waals surface area (Å²) in [7, 11) is 0. The molecule has 0 radical (unpaired) electrons. The van der Waals surface area contributed by atoms with Crippen LogP contribution in [0.2, 0.25) is 0 Å². The summed E-state index contributed by atoms with van der Waals surface area (Å²) < 4.78 is 12.1. The maximum absolute atomic E-state index is 6.66. The van der Waals surface area contributed by atoms with Gasteiger partial charge in [0.2, 0.25) is 0 Å². The molecule has 4 aromatic rings. The van der Waals surface area contributed by atoms with Gasteiger partial charge in [-0.1, -0.05) is 72.8 Å². The van der Waals surface area contributed by atoms with Crippen LogP contribution in [0.3, 0.4) is 0 Å². The highest BCUT2D eigenvalue weighted by Gasteiger charge is 2.22. The zero-order valence-electron chi connectivity index (χ0n) is 17.9. The molecule has 1 saturated heterocycles. The predicted octanol–water partition coefficient (Wildman–Crippen LogP) is 6.49. The Morgan fingerprint density at radius 1 is 0.781 bits per heavy atom. The lowest BCUT2D eigenvalue weighted by atomic mass is 9.92. The van der Waals surface area contributed by atoms with Crippen molar-refractivity contribution < 1.29 is 9.47 Å². The van der Waals surface area contributed by atoms with E-state index in [2.05, 4.69) is 102 Å². The smallest absolute Gasteiger partial charge is 0.142 e. The third-order valence-corrected chi connectivity index (χ3v) is 6.41. The molecule has 0 amide bonds. The molecule has 0 saturated carbocycles. The molecule has 32 heavy (non-hydrogen) atoms. The lowest BCUT2D eigenvalue weighted by Gasteiger charge is -2.29. The average Bonchev–Trinajstić information content (AvgIpc) is 2.89. The van der Waals surface area contributed by atoms with Crippen molar-refractivity contribution in [3.05, 3.63) is 102 Å². The molecule has 2 aliphatic heterocycles. The lowest BCUT2D eigenvalue weighted by molar-refractivity contribution is 0.122. The maximum atomic E-state index is 6.66. The molecule has 0 bridgehead atoms. The second kappa shape index (κ2) is 8.18. The number of anilines is 1. The van der Waals surface area contributed by atoms with Crippen LogP contribution in [-0.4, -0.2) is 26.3 Å². The van der Waals surface area contributed by atoms with Crippen LogP contribution >= 0.6 is 0 Å². The standard InChI is InChI=1S/C29H25NO2/c1-2-6-21(7-3-1)27-20-23-8-4-5-9-25(23)29-26(27)14-15-28(32-29)22-10-12-24(13-11-22)30-16-18-31-19-17-30/h1-15,20,28H,16-19H2. The van der Waals surface area contributed by atoms with Crippen LogP contribution in [0.1, 0.15) is 17.2 Å². The van der Waals surface area contributed by atoms with E-state index >= 15 is 0 Å². The molecule has 1 fully saturated rings. The predicted molar refractivity (Wildman–Crippen MR) is 131 cm³/mol. The summed E-state index contributed by atoms with van der Waals surface area (Å²) in [5.41, 5.74) is 5.97. The number of rotatable bonds is 3. The van der Waals surface area contributed by atoms with E-state index in [0.29, 0.717) is 0 Å². The summed E-state index contributed by atoms with van der Waals surface area (Å²) in [6, 6.07) is 30.1. The minimum absolute atomic E-state index is 0.101. The van der Waals surface area contributed by atoms with Gasteiger partial charge in [0.1, 0.15) is 11.9 Å². The van der Waals surface area contributed by atoms with Crippen LogP contribution in [0, 0.1) is 0 Å². The normalized spacial score (nSPS) is 17.8. The molecule has 3 nitrogen and oxygen atoms in total. The van der Waals surface area contributed by atoms with E-state index < -0.39 is 0 Å². The summed E-state index contributed by atoms with van der Waals surface area (Å²) in [6.45, 7) is 3.48. The Bertz CT molecular complexity index is 1270. The topological polar surface area (TPSA) is 21.7 Å². The first kappa shape index (κ1) is 19.1. The van der Waals surface area contributed by atoms with Gasteiger partial charge in [0, 0.05) is 29.7 Å². The molecule has 4 aromatic carbocycles. The summed E-state index contributed by atoms with van der Waals surface area (Å²) in [5.74, 6) is 0.965. The molecule has 0 N–H and O–H groups in total. The second-order valence-corrected chi connectivity index (χ2v) is 8.34. The highest BCUT2D eigenvalue weighted by atomic mass is 16.5. The van der Waals surface area contributed by atoms with Gasteiger partial charge in [-0.05, 0) is 46.4 Å². The fourth-order valence-corrected chi connectivity index (χ4v) is 4.70. The van der Waals surface area contributed by atoms with Crippen LogP contribution in [0.5, 0.6) is 5.75 Å². The number of hydrogen-bond acceptors (Lipinski definition) is 3. The van der Waals surface area contributed by atoms with Gasteiger partial charge in [0.15, 0.2) is 0 Å². The SMILES string of the molecule is C1=CC(c2ccc(N3CCOCC3)cc2)Oc2c1c(-c1ccccc1)cc1ccccc21. The number of ether oxygens (including phenoxy) is 2. The molecule has 2 heterocycles.